The molecule has 0 aromatic carbocycles. The van der Waals surface area contributed by atoms with E-state index in [-0.39, 0.29) is 11.8 Å². The molecule has 1 aliphatic carbocycles. The fourth-order valence-corrected chi connectivity index (χ4v) is 1.94. The highest BCUT2D eigenvalue weighted by Gasteiger charge is 2.22. The standard InChI is InChI=1S/C12H22N2O2/c15-12(11-4-6-13-8-11)14-5-1-7-16-9-10-2-3-10/h10-11,13H,1-9H2,(H,14,15). The van der Waals surface area contributed by atoms with Gasteiger partial charge in [0.25, 0.3) is 0 Å². The molecule has 16 heavy (non-hydrogen) atoms. The Labute approximate surface area is 97.1 Å². The molecule has 2 N–H and O–H groups in total. The summed E-state index contributed by atoms with van der Waals surface area (Å²) in [6.45, 7) is 4.26. The number of hydrogen-bond acceptors (Lipinski definition) is 3. The summed E-state index contributed by atoms with van der Waals surface area (Å²) in [6.07, 6.45) is 4.58. The Kier molecular flexibility index (Phi) is 4.60. The molecular formula is C12H22N2O2. The Morgan fingerprint density at radius 3 is 2.94 bits per heavy atom. The van der Waals surface area contributed by atoms with Crippen LogP contribution in [0.4, 0.5) is 0 Å². The molecule has 4 nitrogen and oxygen atoms in total. The van der Waals surface area contributed by atoms with Crippen molar-refractivity contribution in [1.29, 1.82) is 0 Å². The monoisotopic (exact) mass is 226 g/mol. The molecule has 0 spiro atoms. The zero-order valence-corrected chi connectivity index (χ0v) is 9.84. The number of carbonyl (C=O) groups excluding carboxylic acids is 1. The maximum absolute atomic E-state index is 11.6. The van der Waals surface area contributed by atoms with E-state index in [1.54, 1.807) is 0 Å². The normalized spacial score (nSPS) is 24.6. The third-order valence-corrected chi connectivity index (χ3v) is 3.25. The second kappa shape index (κ2) is 6.21. The summed E-state index contributed by atoms with van der Waals surface area (Å²) in [6, 6.07) is 0. The van der Waals surface area contributed by atoms with Gasteiger partial charge in [0, 0.05) is 26.3 Å². The minimum atomic E-state index is 0.187. The van der Waals surface area contributed by atoms with Gasteiger partial charge in [-0.05, 0) is 38.1 Å². The largest absolute Gasteiger partial charge is 0.381 e. The van der Waals surface area contributed by atoms with Crippen LogP contribution in [0.2, 0.25) is 0 Å². The van der Waals surface area contributed by atoms with Crippen LogP contribution in [0.1, 0.15) is 25.7 Å². The molecule has 0 aromatic rings. The first-order valence-corrected chi connectivity index (χ1v) is 6.42. The predicted octanol–water partition coefficient (Wildman–Crippen LogP) is 0.529. The molecule has 2 aliphatic rings. The number of carbonyl (C=O) groups is 1. The second-order valence-electron chi connectivity index (χ2n) is 4.85. The van der Waals surface area contributed by atoms with E-state index in [1.807, 2.05) is 0 Å². The van der Waals surface area contributed by atoms with Crippen molar-refractivity contribution in [2.24, 2.45) is 11.8 Å². The third kappa shape index (κ3) is 4.10. The zero-order chi connectivity index (χ0) is 11.2. The molecule has 1 amide bonds. The van der Waals surface area contributed by atoms with Crippen molar-refractivity contribution in [2.75, 3.05) is 32.8 Å². The summed E-state index contributed by atoms with van der Waals surface area (Å²) >= 11 is 0. The summed E-state index contributed by atoms with van der Waals surface area (Å²) in [7, 11) is 0. The maximum atomic E-state index is 11.6. The highest BCUT2D eigenvalue weighted by atomic mass is 16.5. The van der Waals surface area contributed by atoms with Crippen LogP contribution >= 0.6 is 0 Å². The van der Waals surface area contributed by atoms with Crippen LogP contribution < -0.4 is 10.6 Å². The minimum Gasteiger partial charge on any atom is -0.381 e. The van der Waals surface area contributed by atoms with Crippen LogP contribution in [0, 0.1) is 11.8 Å². The quantitative estimate of drug-likeness (QED) is 0.623. The van der Waals surface area contributed by atoms with E-state index in [1.165, 1.54) is 12.8 Å². The molecule has 1 unspecified atom stereocenters. The van der Waals surface area contributed by atoms with Gasteiger partial charge in [0.15, 0.2) is 0 Å². The molecule has 1 atom stereocenters. The molecule has 2 rings (SSSR count). The van der Waals surface area contributed by atoms with Gasteiger partial charge in [0.2, 0.25) is 5.91 Å². The van der Waals surface area contributed by atoms with E-state index < -0.39 is 0 Å². The number of hydrogen-bond donors (Lipinski definition) is 2. The van der Waals surface area contributed by atoms with E-state index in [9.17, 15) is 4.79 Å². The Morgan fingerprint density at radius 1 is 1.38 bits per heavy atom. The molecule has 0 aromatic heterocycles. The lowest BCUT2D eigenvalue weighted by Gasteiger charge is -2.09. The first-order valence-electron chi connectivity index (χ1n) is 6.42. The molecule has 0 radical (unpaired) electrons. The Morgan fingerprint density at radius 2 is 2.25 bits per heavy atom. The molecular weight excluding hydrogens is 204 g/mol. The summed E-state index contributed by atoms with van der Waals surface area (Å²) in [4.78, 5) is 11.6. The molecule has 1 saturated heterocycles. The van der Waals surface area contributed by atoms with Gasteiger partial charge in [0.1, 0.15) is 0 Å². The first-order chi connectivity index (χ1) is 7.86. The van der Waals surface area contributed by atoms with Crippen LogP contribution in [0.5, 0.6) is 0 Å². The molecule has 1 heterocycles. The number of ether oxygens (including phenoxy) is 1. The fraction of sp³-hybridized carbons (Fsp3) is 0.917. The Hall–Kier alpha value is -0.610. The molecule has 1 saturated carbocycles. The summed E-state index contributed by atoms with van der Waals surface area (Å²) < 4.78 is 5.50. The van der Waals surface area contributed by atoms with Gasteiger partial charge < -0.3 is 15.4 Å². The molecule has 1 aliphatic heterocycles. The van der Waals surface area contributed by atoms with Gasteiger partial charge in [-0.1, -0.05) is 0 Å². The lowest BCUT2D eigenvalue weighted by molar-refractivity contribution is -0.124. The van der Waals surface area contributed by atoms with Crippen LogP contribution in [0.3, 0.4) is 0 Å². The smallest absolute Gasteiger partial charge is 0.224 e. The third-order valence-electron chi connectivity index (χ3n) is 3.25. The van der Waals surface area contributed by atoms with E-state index in [2.05, 4.69) is 10.6 Å². The van der Waals surface area contributed by atoms with Crippen LogP contribution in [0.15, 0.2) is 0 Å². The summed E-state index contributed by atoms with van der Waals surface area (Å²) in [5.74, 6) is 1.22. The van der Waals surface area contributed by atoms with Crippen molar-refractivity contribution in [3.63, 3.8) is 0 Å². The van der Waals surface area contributed by atoms with E-state index >= 15 is 0 Å². The van der Waals surface area contributed by atoms with Gasteiger partial charge in [-0.3, -0.25) is 4.79 Å². The Bertz CT molecular complexity index is 223. The zero-order valence-electron chi connectivity index (χ0n) is 9.84. The van der Waals surface area contributed by atoms with Crippen molar-refractivity contribution in [3.8, 4) is 0 Å². The topological polar surface area (TPSA) is 50.4 Å². The minimum absolute atomic E-state index is 0.187. The van der Waals surface area contributed by atoms with Crippen molar-refractivity contribution in [3.05, 3.63) is 0 Å². The highest BCUT2D eigenvalue weighted by Crippen LogP contribution is 2.28. The van der Waals surface area contributed by atoms with E-state index in [4.69, 9.17) is 4.74 Å². The average Bonchev–Trinajstić information content (AvgIpc) is 2.95. The van der Waals surface area contributed by atoms with Crippen molar-refractivity contribution < 1.29 is 9.53 Å². The van der Waals surface area contributed by atoms with Crippen molar-refractivity contribution >= 4 is 5.91 Å². The number of nitrogens with one attached hydrogen (secondary N) is 2. The van der Waals surface area contributed by atoms with Gasteiger partial charge >= 0.3 is 0 Å². The first kappa shape index (κ1) is 11.9. The summed E-state index contributed by atoms with van der Waals surface area (Å²) in [5.41, 5.74) is 0. The van der Waals surface area contributed by atoms with E-state index in [0.29, 0.717) is 0 Å². The molecule has 0 bridgehead atoms. The van der Waals surface area contributed by atoms with Crippen molar-refractivity contribution in [1.82, 2.24) is 10.6 Å². The SMILES string of the molecule is O=C(NCCCOCC1CC1)C1CCNC1. The predicted molar refractivity (Wildman–Crippen MR) is 62.1 cm³/mol. The van der Waals surface area contributed by atoms with Gasteiger partial charge in [0.05, 0.1) is 5.92 Å². The lowest BCUT2D eigenvalue weighted by atomic mass is 10.1. The van der Waals surface area contributed by atoms with Crippen LogP contribution in [-0.2, 0) is 9.53 Å². The average molecular weight is 226 g/mol. The van der Waals surface area contributed by atoms with Crippen LogP contribution in [-0.4, -0.2) is 38.8 Å². The molecule has 92 valence electrons. The maximum Gasteiger partial charge on any atom is 0.224 e. The molecule has 2 fully saturated rings. The second-order valence-corrected chi connectivity index (χ2v) is 4.85. The van der Waals surface area contributed by atoms with Gasteiger partial charge in [-0.15, -0.1) is 0 Å². The number of amides is 1. The number of rotatable bonds is 7. The van der Waals surface area contributed by atoms with E-state index in [0.717, 1.165) is 51.6 Å². The highest BCUT2D eigenvalue weighted by molar-refractivity contribution is 5.79. The summed E-state index contributed by atoms with van der Waals surface area (Å²) in [5, 5.41) is 6.17. The van der Waals surface area contributed by atoms with Gasteiger partial charge in [-0.25, -0.2) is 0 Å². The fourth-order valence-electron chi connectivity index (χ4n) is 1.94. The Balaban J connectivity index is 1.42. The van der Waals surface area contributed by atoms with Crippen LogP contribution in [0.25, 0.3) is 0 Å². The van der Waals surface area contributed by atoms with Crippen molar-refractivity contribution in [2.45, 2.75) is 25.7 Å². The molecule has 4 heteroatoms. The lowest BCUT2D eigenvalue weighted by Crippen LogP contribution is -2.32. The van der Waals surface area contributed by atoms with Gasteiger partial charge in [-0.2, -0.15) is 0 Å².